The predicted molar refractivity (Wildman–Crippen MR) is 96.9 cm³/mol. The molecule has 2 heterocycles. The number of likely N-dealkylation sites (tertiary alicyclic amines) is 1. The molecule has 7 heteroatoms. The maximum Gasteiger partial charge on any atom is 0.317 e. The smallest absolute Gasteiger partial charge is 0.317 e. The van der Waals surface area contributed by atoms with Crippen LogP contribution in [0.1, 0.15) is 32.1 Å². The number of carbonyl (C=O) groups excluding carboxylic acids is 1. The van der Waals surface area contributed by atoms with E-state index in [9.17, 15) is 14.4 Å². The summed E-state index contributed by atoms with van der Waals surface area (Å²) in [5.41, 5.74) is -0.555. The summed E-state index contributed by atoms with van der Waals surface area (Å²) < 4.78 is 1.26. The van der Waals surface area contributed by atoms with E-state index in [-0.39, 0.29) is 23.7 Å². The van der Waals surface area contributed by atoms with Crippen molar-refractivity contribution in [3.05, 3.63) is 45.0 Å². The summed E-state index contributed by atoms with van der Waals surface area (Å²) in [6.07, 6.45) is 5.64. The Kier molecular flexibility index (Phi) is 5.53. The lowest BCUT2D eigenvalue weighted by Gasteiger charge is -2.25. The van der Waals surface area contributed by atoms with Crippen molar-refractivity contribution in [2.24, 2.45) is 0 Å². The Morgan fingerprint density at radius 1 is 1.00 bits per heavy atom. The number of urea groups is 1. The van der Waals surface area contributed by atoms with E-state index in [1.54, 1.807) is 24.3 Å². The summed E-state index contributed by atoms with van der Waals surface area (Å²) in [6, 6.07) is 6.63. The van der Waals surface area contributed by atoms with E-state index >= 15 is 0 Å². The molecule has 0 saturated carbocycles. The number of hydrogen-bond donors (Lipinski definition) is 2. The fraction of sp³-hybridized carbons (Fsp3) is 0.500. The molecule has 2 aromatic rings. The zero-order valence-electron chi connectivity index (χ0n) is 14.3. The van der Waals surface area contributed by atoms with Crippen LogP contribution in [0, 0.1) is 0 Å². The first kappa shape index (κ1) is 17.3. The number of amides is 2. The Balaban J connectivity index is 1.63. The number of hydrogen-bond acceptors (Lipinski definition) is 3. The van der Waals surface area contributed by atoms with Gasteiger partial charge < -0.3 is 10.2 Å². The van der Waals surface area contributed by atoms with Crippen LogP contribution in [-0.4, -0.2) is 40.3 Å². The van der Waals surface area contributed by atoms with E-state index in [4.69, 9.17) is 0 Å². The molecule has 0 radical (unpaired) electrons. The van der Waals surface area contributed by atoms with Crippen LogP contribution < -0.4 is 16.4 Å². The number of H-pyrrole nitrogens is 1. The van der Waals surface area contributed by atoms with E-state index in [0.29, 0.717) is 17.3 Å². The molecule has 0 unspecified atom stereocenters. The van der Waals surface area contributed by atoms with Crippen LogP contribution in [0.2, 0.25) is 0 Å². The Hall–Kier alpha value is -2.57. The molecule has 1 aromatic heterocycles. The molecule has 0 atom stereocenters. The standard InChI is InChI=1S/C18H24N4O3/c23-16-14-8-4-5-9-15(14)17(24)22(20-16)13-10-19-18(25)21-11-6-2-1-3-7-12-21/h4-5,8-9H,1-3,6-7,10-13H2,(H,19,25)(H,20,23). The number of aromatic amines is 1. The van der Waals surface area contributed by atoms with Gasteiger partial charge in [0.2, 0.25) is 0 Å². The van der Waals surface area contributed by atoms with Crippen LogP contribution in [0.3, 0.4) is 0 Å². The lowest BCUT2D eigenvalue weighted by molar-refractivity contribution is 0.191. The van der Waals surface area contributed by atoms with E-state index in [0.717, 1.165) is 38.8 Å². The summed E-state index contributed by atoms with van der Waals surface area (Å²) in [5, 5.41) is 6.20. The van der Waals surface area contributed by atoms with Crippen LogP contribution in [-0.2, 0) is 6.54 Å². The van der Waals surface area contributed by atoms with Gasteiger partial charge in [0.1, 0.15) is 0 Å². The molecule has 1 aliphatic rings. The van der Waals surface area contributed by atoms with Crippen LogP contribution in [0.5, 0.6) is 0 Å². The second-order valence-electron chi connectivity index (χ2n) is 6.43. The van der Waals surface area contributed by atoms with Gasteiger partial charge >= 0.3 is 6.03 Å². The Morgan fingerprint density at radius 3 is 2.36 bits per heavy atom. The highest BCUT2D eigenvalue weighted by molar-refractivity contribution is 5.80. The molecule has 1 aliphatic heterocycles. The van der Waals surface area contributed by atoms with Crippen LogP contribution in [0.15, 0.2) is 33.9 Å². The maximum absolute atomic E-state index is 12.4. The van der Waals surface area contributed by atoms with Crippen molar-refractivity contribution in [3.8, 4) is 0 Å². The Morgan fingerprint density at radius 2 is 1.64 bits per heavy atom. The molecule has 1 aromatic carbocycles. The Bertz CT molecular complexity index is 847. The summed E-state index contributed by atoms with van der Waals surface area (Å²) in [7, 11) is 0. The summed E-state index contributed by atoms with van der Waals surface area (Å²) >= 11 is 0. The van der Waals surface area contributed by atoms with Gasteiger partial charge in [0.05, 0.1) is 17.3 Å². The first-order chi connectivity index (χ1) is 12.2. The molecule has 0 aliphatic carbocycles. The third kappa shape index (κ3) is 4.10. The SMILES string of the molecule is O=C(NCCn1[nH]c(=O)c2ccccc2c1=O)N1CCCCCCC1. The number of fused-ring (bicyclic) bond motifs is 1. The fourth-order valence-corrected chi connectivity index (χ4v) is 3.24. The van der Waals surface area contributed by atoms with E-state index < -0.39 is 0 Å². The van der Waals surface area contributed by atoms with Crippen molar-refractivity contribution in [1.29, 1.82) is 0 Å². The molecule has 7 nitrogen and oxygen atoms in total. The van der Waals surface area contributed by atoms with Gasteiger partial charge in [-0.2, -0.15) is 0 Å². The molecule has 1 fully saturated rings. The lowest BCUT2D eigenvalue weighted by Crippen LogP contribution is -2.43. The number of benzene rings is 1. The maximum atomic E-state index is 12.4. The molecule has 0 bridgehead atoms. The zero-order valence-corrected chi connectivity index (χ0v) is 14.3. The minimum Gasteiger partial charge on any atom is -0.336 e. The van der Waals surface area contributed by atoms with E-state index in [2.05, 4.69) is 10.4 Å². The van der Waals surface area contributed by atoms with Gasteiger partial charge in [-0.25, -0.2) is 9.48 Å². The van der Waals surface area contributed by atoms with Gasteiger partial charge in [-0.05, 0) is 25.0 Å². The van der Waals surface area contributed by atoms with E-state index in [1.165, 1.54) is 11.1 Å². The van der Waals surface area contributed by atoms with Crippen LogP contribution in [0.4, 0.5) is 4.79 Å². The predicted octanol–water partition coefficient (Wildman–Crippen LogP) is 1.67. The quantitative estimate of drug-likeness (QED) is 0.888. The van der Waals surface area contributed by atoms with Gasteiger partial charge in [0.25, 0.3) is 11.1 Å². The fourth-order valence-electron chi connectivity index (χ4n) is 3.24. The number of aromatic nitrogens is 2. The molecule has 134 valence electrons. The molecule has 0 spiro atoms. The first-order valence-corrected chi connectivity index (χ1v) is 8.91. The molecule has 3 rings (SSSR count). The van der Waals surface area contributed by atoms with Crippen molar-refractivity contribution in [2.45, 2.75) is 38.6 Å². The number of carbonyl (C=O) groups is 1. The highest BCUT2D eigenvalue weighted by Crippen LogP contribution is 2.10. The molecule has 2 amide bonds. The van der Waals surface area contributed by atoms with Crippen molar-refractivity contribution < 1.29 is 4.79 Å². The monoisotopic (exact) mass is 344 g/mol. The molecule has 25 heavy (non-hydrogen) atoms. The van der Waals surface area contributed by atoms with Crippen LogP contribution >= 0.6 is 0 Å². The van der Waals surface area contributed by atoms with Gasteiger partial charge in [0.15, 0.2) is 0 Å². The van der Waals surface area contributed by atoms with Gasteiger partial charge in [-0.15, -0.1) is 0 Å². The first-order valence-electron chi connectivity index (χ1n) is 8.91. The second-order valence-corrected chi connectivity index (χ2v) is 6.43. The van der Waals surface area contributed by atoms with Crippen molar-refractivity contribution in [3.63, 3.8) is 0 Å². The zero-order chi connectivity index (χ0) is 17.6. The van der Waals surface area contributed by atoms with Gasteiger partial charge in [-0.3, -0.25) is 14.7 Å². The lowest BCUT2D eigenvalue weighted by atomic mass is 10.1. The second kappa shape index (κ2) is 8.00. The topological polar surface area (TPSA) is 87.2 Å². The Labute approximate surface area is 145 Å². The highest BCUT2D eigenvalue weighted by Gasteiger charge is 2.14. The average molecular weight is 344 g/mol. The summed E-state index contributed by atoms with van der Waals surface area (Å²) in [6.45, 7) is 2.08. The highest BCUT2D eigenvalue weighted by atomic mass is 16.2. The summed E-state index contributed by atoms with van der Waals surface area (Å²) in [4.78, 5) is 38.6. The minimum absolute atomic E-state index is 0.0990. The van der Waals surface area contributed by atoms with E-state index in [1.807, 2.05) is 4.90 Å². The largest absolute Gasteiger partial charge is 0.336 e. The normalized spacial score (nSPS) is 15.6. The minimum atomic E-state index is -0.301. The van der Waals surface area contributed by atoms with Crippen LogP contribution in [0.25, 0.3) is 10.8 Å². The number of rotatable bonds is 3. The molecule has 1 saturated heterocycles. The van der Waals surface area contributed by atoms with Gasteiger partial charge in [0, 0.05) is 19.6 Å². The molecule has 2 N–H and O–H groups in total. The number of nitrogens with one attached hydrogen (secondary N) is 2. The third-order valence-corrected chi connectivity index (χ3v) is 4.64. The molecular formula is C18H24N4O3. The van der Waals surface area contributed by atoms with Crippen molar-refractivity contribution in [2.75, 3.05) is 19.6 Å². The third-order valence-electron chi connectivity index (χ3n) is 4.64. The van der Waals surface area contributed by atoms with Gasteiger partial charge in [-0.1, -0.05) is 31.4 Å². The summed E-state index contributed by atoms with van der Waals surface area (Å²) in [5.74, 6) is 0. The van der Waals surface area contributed by atoms with Crippen molar-refractivity contribution in [1.82, 2.24) is 20.0 Å². The van der Waals surface area contributed by atoms with Crippen molar-refractivity contribution >= 4 is 16.8 Å². The average Bonchev–Trinajstić information content (AvgIpc) is 2.59. The molecular weight excluding hydrogens is 320 g/mol. The number of nitrogens with zero attached hydrogens (tertiary/aromatic N) is 2.